The Bertz CT molecular complexity index is 591. The van der Waals surface area contributed by atoms with Gasteiger partial charge in [0.25, 0.3) is 5.91 Å². The lowest BCUT2D eigenvalue weighted by Gasteiger charge is -2.24. The number of nitrogens with zero attached hydrogens (tertiary/aromatic N) is 5. The number of amides is 2. The third kappa shape index (κ3) is 2.99. The summed E-state index contributed by atoms with van der Waals surface area (Å²) in [6.07, 6.45) is 0. The Morgan fingerprint density at radius 3 is 2.41 bits per heavy atom. The molecule has 1 aliphatic rings. The lowest BCUT2D eigenvalue weighted by Crippen LogP contribution is -2.39. The molecule has 22 heavy (non-hydrogen) atoms. The lowest BCUT2D eigenvalue weighted by molar-refractivity contribution is -0.133. The molecular weight excluding hydrogens is 282 g/mol. The Balaban J connectivity index is 2.15. The number of hydrogen-bond donors (Lipinski definition) is 0. The molecule has 1 aromatic heterocycles. The Morgan fingerprint density at radius 1 is 1.23 bits per heavy atom. The Kier molecular flexibility index (Phi) is 4.55. The highest BCUT2D eigenvalue weighted by Gasteiger charge is 2.32. The van der Waals surface area contributed by atoms with E-state index in [2.05, 4.69) is 18.9 Å². The Hall–Kier alpha value is -1.89. The van der Waals surface area contributed by atoms with Crippen LogP contribution >= 0.6 is 0 Å². The van der Waals surface area contributed by atoms with Crippen LogP contribution in [0.3, 0.4) is 0 Å². The highest BCUT2D eigenvalue weighted by molar-refractivity contribution is 5.94. The van der Waals surface area contributed by atoms with E-state index in [0.717, 1.165) is 11.3 Å². The molecule has 0 radical (unpaired) electrons. The van der Waals surface area contributed by atoms with E-state index in [1.807, 2.05) is 19.0 Å². The molecule has 0 bridgehead atoms. The van der Waals surface area contributed by atoms with Crippen LogP contribution in [0.15, 0.2) is 0 Å². The Morgan fingerprint density at radius 2 is 1.86 bits per heavy atom. The third-order valence-corrected chi connectivity index (χ3v) is 4.19. The summed E-state index contributed by atoms with van der Waals surface area (Å²) in [5, 5.41) is 4.31. The van der Waals surface area contributed by atoms with Crippen molar-refractivity contribution < 1.29 is 9.59 Å². The fourth-order valence-corrected chi connectivity index (χ4v) is 2.45. The molecule has 2 heterocycles. The van der Waals surface area contributed by atoms with Gasteiger partial charge in [-0.05, 0) is 20.9 Å². The fraction of sp³-hybridized carbons (Fsp3) is 0.667. The first-order chi connectivity index (χ1) is 10.2. The molecule has 7 heteroatoms. The minimum absolute atomic E-state index is 0.0793. The summed E-state index contributed by atoms with van der Waals surface area (Å²) in [5.74, 6) is -0.0406. The van der Waals surface area contributed by atoms with Gasteiger partial charge in [0.05, 0.1) is 25.3 Å². The number of aromatic nitrogens is 2. The molecule has 0 aliphatic carbocycles. The molecule has 0 unspecified atom stereocenters. The Labute approximate surface area is 131 Å². The van der Waals surface area contributed by atoms with Crippen LogP contribution in [0.2, 0.25) is 0 Å². The van der Waals surface area contributed by atoms with Crippen molar-refractivity contribution in [3.05, 3.63) is 17.0 Å². The van der Waals surface area contributed by atoms with Crippen LogP contribution in [-0.2, 0) is 24.9 Å². The van der Waals surface area contributed by atoms with Crippen LogP contribution in [0, 0.1) is 0 Å². The van der Waals surface area contributed by atoms with Crippen molar-refractivity contribution in [2.75, 3.05) is 27.7 Å². The third-order valence-electron chi connectivity index (χ3n) is 4.19. The quantitative estimate of drug-likeness (QED) is 0.803. The summed E-state index contributed by atoms with van der Waals surface area (Å²) in [5.41, 5.74) is 2.28. The average molecular weight is 307 g/mol. The topological polar surface area (TPSA) is 61.7 Å². The molecular formula is C15H25N5O2. The van der Waals surface area contributed by atoms with Crippen molar-refractivity contribution in [3.63, 3.8) is 0 Å². The molecule has 1 aliphatic heterocycles. The minimum Gasteiger partial charge on any atom is -0.343 e. The molecule has 122 valence electrons. The van der Waals surface area contributed by atoms with E-state index < -0.39 is 0 Å². The van der Waals surface area contributed by atoms with Gasteiger partial charge in [0.15, 0.2) is 5.69 Å². The highest BCUT2D eigenvalue weighted by atomic mass is 16.2. The van der Waals surface area contributed by atoms with Gasteiger partial charge < -0.3 is 9.80 Å². The summed E-state index contributed by atoms with van der Waals surface area (Å²) in [6.45, 7) is 5.48. The zero-order valence-electron chi connectivity index (χ0n) is 14.3. The van der Waals surface area contributed by atoms with E-state index in [9.17, 15) is 9.59 Å². The van der Waals surface area contributed by atoms with Gasteiger partial charge in [-0.25, -0.2) is 0 Å². The highest BCUT2D eigenvalue weighted by Crippen LogP contribution is 2.26. The van der Waals surface area contributed by atoms with Crippen molar-refractivity contribution in [2.24, 2.45) is 7.05 Å². The van der Waals surface area contributed by atoms with Gasteiger partial charge in [-0.2, -0.15) is 5.10 Å². The number of carbonyl (C=O) groups is 2. The predicted octanol–water partition coefficient (Wildman–Crippen LogP) is 0.304. The second-order valence-corrected chi connectivity index (χ2v) is 6.36. The predicted molar refractivity (Wildman–Crippen MR) is 83.2 cm³/mol. The number of carbonyl (C=O) groups excluding carboxylic acids is 2. The van der Waals surface area contributed by atoms with Crippen molar-refractivity contribution in [3.8, 4) is 0 Å². The zero-order chi connectivity index (χ0) is 16.6. The maximum atomic E-state index is 12.4. The molecule has 1 aromatic rings. The summed E-state index contributed by atoms with van der Waals surface area (Å²) < 4.78 is 1.71. The number of likely N-dealkylation sites (N-methyl/N-ethyl adjacent to an activating group) is 1. The van der Waals surface area contributed by atoms with Crippen LogP contribution in [0.4, 0.5) is 0 Å². The van der Waals surface area contributed by atoms with Crippen LogP contribution in [0.5, 0.6) is 0 Å². The van der Waals surface area contributed by atoms with Crippen molar-refractivity contribution >= 4 is 11.8 Å². The summed E-state index contributed by atoms with van der Waals surface area (Å²) in [4.78, 5) is 29.9. The van der Waals surface area contributed by atoms with E-state index >= 15 is 0 Å². The molecule has 0 fully saturated rings. The second-order valence-electron chi connectivity index (χ2n) is 6.36. The molecule has 0 atom stereocenters. The van der Waals surface area contributed by atoms with Crippen molar-refractivity contribution in [2.45, 2.75) is 33.0 Å². The van der Waals surface area contributed by atoms with E-state index in [1.54, 1.807) is 23.7 Å². The first-order valence-corrected chi connectivity index (χ1v) is 7.46. The van der Waals surface area contributed by atoms with Gasteiger partial charge >= 0.3 is 0 Å². The maximum absolute atomic E-state index is 12.4. The summed E-state index contributed by atoms with van der Waals surface area (Å²) in [6, 6.07) is 0.321. The molecule has 0 aromatic carbocycles. The number of rotatable bonds is 4. The summed E-state index contributed by atoms with van der Waals surface area (Å²) in [7, 11) is 7.17. The lowest BCUT2D eigenvalue weighted by atomic mass is 10.2. The van der Waals surface area contributed by atoms with Gasteiger partial charge in [0, 0.05) is 32.7 Å². The van der Waals surface area contributed by atoms with Gasteiger partial charge in [0.2, 0.25) is 5.91 Å². The largest absolute Gasteiger partial charge is 0.343 e. The van der Waals surface area contributed by atoms with Crippen molar-refractivity contribution in [1.29, 1.82) is 0 Å². The van der Waals surface area contributed by atoms with Crippen LogP contribution < -0.4 is 0 Å². The molecule has 0 saturated heterocycles. The molecule has 0 spiro atoms. The van der Waals surface area contributed by atoms with E-state index in [1.165, 1.54) is 4.90 Å². The molecule has 0 N–H and O–H groups in total. The first kappa shape index (κ1) is 16.5. The maximum Gasteiger partial charge on any atom is 0.274 e. The number of aryl methyl sites for hydroxylation is 1. The average Bonchev–Trinajstić information content (AvgIpc) is 2.98. The van der Waals surface area contributed by atoms with Gasteiger partial charge in [0.1, 0.15) is 0 Å². The van der Waals surface area contributed by atoms with Crippen LogP contribution in [0.25, 0.3) is 0 Å². The SMILES string of the molecule is CC(C)N(C)CC(=O)N1Cc2c(C(=O)N(C)C)nn(C)c2C1. The number of hydrogen-bond acceptors (Lipinski definition) is 4. The van der Waals surface area contributed by atoms with E-state index in [4.69, 9.17) is 0 Å². The van der Waals surface area contributed by atoms with Gasteiger partial charge in [-0.3, -0.25) is 19.2 Å². The summed E-state index contributed by atoms with van der Waals surface area (Å²) >= 11 is 0. The molecule has 0 saturated carbocycles. The van der Waals surface area contributed by atoms with Gasteiger partial charge in [-0.15, -0.1) is 0 Å². The molecule has 7 nitrogen and oxygen atoms in total. The normalized spacial score (nSPS) is 13.9. The second kappa shape index (κ2) is 6.08. The standard InChI is InChI=1S/C15H25N5O2/c1-10(2)18(5)9-13(21)20-7-11-12(8-20)19(6)16-14(11)15(22)17(3)4/h10H,7-9H2,1-6H3. The monoisotopic (exact) mass is 307 g/mol. The van der Waals surface area contributed by atoms with Gasteiger partial charge in [-0.1, -0.05) is 0 Å². The smallest absolute Gasteiger partial charge is 0.274 e. The molecule has 2 rings (SSSR count). The fourth-order valence-electron chi connectivity index (χ4n) is 2.45. The minimum atomic E-state index is -0.120. The van der Waals surface area contributed by atoms with E-state index in [-0.39, 0.29) is 11.8 Å². The van der Waals surface area contributed by atoms with Crippen molar-refractivity contribution in [1.82, 2.24) is 24.5 Å². The van der Waals surface area contributed by atoms with Crippen LogP contribution in [-0.4, -0.2) is 70.0 Å². The first-order valence-electron chi connectivity index (χ1n) is 7.46. The van der Waals surface area contributed by atoms with E-state index in [0.29, 0.717) is 31.4 Å². The zero-order valence-corrected chi connectivity index (χ0v) is 14.3. The molecule has 2 amide bonds. The number of fused-ring (bicyclic) bond motifs is 1. The van der Waals surface area contributed by atoms with Crippen LogP contribution in [0.1, 0.15) is 35.6 Å².